The Labute approximate surface area is 174 Å². The molecule has 0 saturated carbocycles. The number of hydrogen-bond donors (Lipinski definition) is 2. The Hall–Kier alpha value is -3.10. The van der Waals surface area contributed by atoms with E-state index in [1.807, 2.05) is 30.3 Å². The summed E-state index contributed by atoms with van der Waals surface area (Å²) in [6.07, 6.45) is 0. The van der Waals surface area contributed by atoms with E-state index in [1.165, 1.54) is 0 Å². The Morgan fingerprint density at radius 2 is 1.63 bits per heavy atom. The van der Waals surface area contributed by atoms with Crippen LogP contribution in [0.4, 0.5) is 17.1 Å². The van der Waals surface area contributed by atoms with Crippen LogP contribution in [-0.4, -0.2) is 68.7 Å². The van der Waals surface area contributed by atoms with Crippen molar-refractivity contribution in [2.75, 3.05) is 67.7 Å². The number of amides is 1. The number of H-pyrrole nitrogens is 1. The standard InChI is InChI=1S/C22H25N5O3/c28-22(21-17-3-1-2-4-18(17)24-25-21)23-19-6-5-16(26-7-11-29-12-8-26)15-20(19)27-9-13-30-14-10-27/h1-6,15H,7-14H2,(H,23,28)(H,24,25). The molecule has 0 radical (unpaired) electrons. The first-order valence-electron chi connectivity index (χ1n) is 10.3. The second-order valence-corrected chi connectivity index (χ2v) is 7.47. The van der Waals surface area contributed by atoms with Crippen LogP contribution in [0.5, 0.6) is 0 Å². The molecule has 3 heterocycles. The molecule has 2 N–H and O–H groups in total. The Morgan fingerprint density at radius 3 is 2.40 bits per heavy atom. The van der Waals surface area contributed by atoms with Crippen molar-refractivity contribution in [2.45, 2.75) is 0 Å². The zero-order valence-electron chi connectivity index (χ0n) is 16.8. The highest BCUT2D eigenvalue weighted by Crippen LogP contribution is 2.32. The minimum absolute atomic E-state index is 0.221. The van der Waals surface area contributed by atoms with E-state index in [0.29, 0.717) is 18.9 Å². The van der Waals surface area contributed by atoms with Crippen LogP contribution >= 0.6 is 0 Å². The summed E-state index contributed by atoms with van der Waals surface area (Å²) in [6.45, 7) is 6.15. The molecule has 2 aliphatic rings. The summed E-state index contributed by atoms with van der Waals surface area (Å²) in [4.78, 5) is 17.6. The maximum Gasteiger partial charge on any atom is 0.276 e. The lowest BCUT2D eigenvalue weighted by Gasteiger charge is -2.33. The quantitative estimate of drug-likeness (QED) is 0.692. The molecule has 5 rings (SSSR count). The summed E-state index contributed by atoms with van der Waals surface area (Å²) in [6, 6.07) is 13.9. The lowest BCUT2D eigenvalue weighted by atomic mass is 10.1. The van der Waals surface area contributed by atoms with Crippen molar-refractivity contribution in [2.24, 2.45) is 0 Å². The van der Waals surface area contributed by atoms with E-state index in [9.17, 15) is 4.79 Å². The van der Waals surface area contributed by atoms with Gasteiger partial charge in [-0.15, -0.1) is 0 Å². The molecular weight excluding hydrogens is 382 g/mol. The smallest absolute Gasteiger partial charge is 0.276 e. The van der Waals surface area contributed by atoms with Crippen LogP contribution in [0.25, 0.3) is 10.9 Å². The zero-order valence-corrected chi connectivity index (χ0v) is 16.8. The van der Waals surface area contributed by atoms with Crippen LogP contribution in [0.15, 0.2) is 42.5 Å². The topological polar surface area (TPSA) is 82.7 Å². The summed E-state index contributed by atoms with van der Waals surface area (Å²) in [5.41, 5.74) is 4.18. The molecule has 1 aromatic heterocycles. The van der Waals surface area contributed by atoms with E-state index < -0.39 is 0 Å². The fourth-order valence-corrected chi connectivity index (χ4v) is 4.03. The van der Waals surface area contributed by atoms with Crippen molar-refractivity contribution in [3.05, 3.63) is 48.2 Å². The minimum atomic E-state index is -0.221. The number of carbonyl (C=O) groups is 1. The van der Waals surface area contributed by atoms with Crippen molar-refractivity contribution >= 4 is 33.9 Å². The highest BCUT2D eigenvalue weighted by atomic mass is 16.5. The molecule has 2 aliphatic heterocycles. The highest BCUT2D eigenvalue weighted by molar-refractivity contribution is 6.12. The highest BCUT2D eigenvalue weighted by Gasteiger charge is 2.21. The van der Waals surface area contributed by atoms with Crippen LogP contribution in [0.3, 0.4) is 0 Å². The SMILES string of the molecule is O=C(Nc1ccc(N2CCOCC2)cc1N1CCOCC1)c1n[nH]c2ccccc12. The maximum absolute atomic E-state index is 13.0. The van der Waals surface area contributed by atoms with Crippen LogP contribution < -0.4 is 15.1 Å². The first-order valence-corrected chi connectivity index (χ1v) is 10.3. The van der Waals surface area contributed by atoms with Gasteiger partial charge in [0, 0.05) is 37.3 Å². The van der Waals surface area contributed by atoms with E-state index >= 15 is 0 Å². The number of nitrogens with one attached hydrogen (secondary N) is 2. The van der Waals surface area contributed by atoms with Crippen LogP contribution in [0, 0.1) is 0 Å². The molecule has 1 amide bonds. The van der Waals surface area contributed by atoms with Crippen molar-refractivity contribution in [1.82, 2.24) is 10.2 Å². The van der Waals surface area contributed by atoms with E-state index in [-0.39, 0.29) is 5.91 Å². The van der Waals surface area contributed by atoms with E-state index in [4.69, 9.17) is 9.47 Å². The Bertz CT molecular complexity index is 1040. The number of carbonyl (C=O) groups excluding carboxylic acids is 1. The summed E-state index contributed by atoms with van der Waals surface area (Å²) < 4.78 is 11.0. The molecule has 30 heavy (non-hydrogen) atoms. The van der Waals surface area contributed by atoms with Gasteiger partial charge in [0.25, 0.3) is 5.91 Å². The Balaban J connectivity index is 1.46. The lowest BCUT2D eigenvalue weighted by molar-refractivity contribution is 0.102. The normalized spacial score (nSPS) is 17.3. The van der Waals surface area contributed by atoms with E-state index in [0.717, 1.165) is 67.4 Å². The third kappa shape index (κ3) is 3.71. The van der Waals surface area contributed by atoms with Gasteiger partial charge in [0.1, 0.15) is 0 Å². The van der Waals surface area contributed by atoms with Gasteiger partial charge in [-0.05, 0) is 24.3 Å². The van der Waals surface area contributed by atoms with Crippen LogP contribution in [0.2, 0.25) is 0 Å². The summed E-state index contributed by atoms with van der Waals surface area (Å²) in [5.74, 6) is -0.221. The zero-order chi connectivity index (χ0) is 20.3. The lowest BCUT2D eigenvalue weighted by Crippen LogP contribution is -2.38. The van der Waals surface area contributed by atoms with Crippen molar-refractivity contribution in [1.29, 1.82) is 0 Å². The average molecular weight is 407 g/mol. The average Bonchev–Trinajstić information content (AvgIpc) is 3.25. The fraction of sp³-hybridized carbons (Fsp3) is 0.364. The van der Waals surface area contributed by atoms with E-state index in [2.05, 4.69) is 37.4 Å². The second-order valence-electron chi connectivity index (χ2n) is 7.47. The third-order valence-corrected chi connectivity index (χ3v) is 5.64. The van der Waals surface area contributed by atoms with Gasteiger partial charge in [-0.3, -0.25) is 9.89 Å². The predicted molar refractivity (Wildman–Crippen MR) is 117 cm³/mol. The first-order chi connectivity index (χ1) is 14.8. The summed E-state index contributed by atoms with van der Waals surface area (Å²) in [7, 11) is 0. The number of anilines is 3. The molecular formula is C22H25N5O3. The number of para-hydroxylation sites is 1. The van der Waals surface area contributed by atoms with Crippen molar-refractivity contribution in [3.63, 3.8) is 0 Å². The number of morpholine rings is 2. The van der Waals surface area contributed by atoms with Crippen molar-refractivity contribution < 1.29 is 14.3 Å². The Kier molecular flexibility index (Phi) is 5.25. The van der Waals surface area contributed by atoms with Crippen LogP contribution in [0.1, 0.15) is 10.5 Å². The van der Waals surface area contributed by atoms with Gasteiger partial charge in [-0.1, -0.05) is 18.2 Å². The molecule has 3 aromatic rings. The van der Waals surface area contributed by atoms with Gasteiger partial charge >= 0.3 is 0 Å². The van der Waals surface area contributed by atoms with Gasteiger partial charge in [0.2, 0.25) is 0 Å². The van der Waals surface area contributed by atoms with E-state index in [1.54, 1.807) is 0 Å². The molecule has 2 aromatic carbocycles. The molecule has 0 atom stereocenters. The molecule has 0 aliphatic carbocycles. The number of hydrogen-bond acceptors (Lipinski definition) is 6. The van der Waals surface area contributed by atoms with Crippen molar-refractivity contribution in [3.8, 4) is 0 Å². The number of aromatic amines is 1. The maximum atomic E-state index is 13.0. The van der Waals surface area contributed by atoms with Gasteiger partial charge < -0.3 is 24.6 Å². The van der Waals surface area contributed by atoms with Gasteiger partial charge in [0.15, 0.2) is 5.69 Å². The summed E-state index contributed by atoms with van der Waals surface area (Å²) in [5, 5.41) is 11.1. The molecule has 2 fully saturated rings. The van der Waals surface area contributed by atoms with Crippen LogP contribution in [-0.2, 0) is 9.47 Å². The minimum Gasteiger partial charge on any atom is -0.378 e. The first kappa shape index (κ1) is 18.9. The molecule has 2 saturated heterocycles. The summed E-state index contributed by atoms with van der Waals surface area (Å²) >= 11 is 0. The number of nitrogens with zero attached hydrogens (tertiary/aromatic N) is 3. The number of aromatic nitrogens is 2. The number of fused-ring (bicyclic) bond motifs is 1. The molecule has 0 unspecified atom stereocenters. The number of benzene rings is 2. The largest absolute Gasteiger partial charge is 0.378 e. The number of ether oxygens (including phenoxy) is 2. The molecule has 8 heteroatoms. The molecule has 156 valence electrons. The fourth-order valence-electron chi connectivity index (χ4n) is 4.03. The number of rotatable bonds is 4. The molecule has 0 bridgehead atoms. The monoisotopic (exact) mass is 407 g/mol. The molecule has 8 nitrogen and oxygen atoms in total. The van der Waals surface area contributed by atoms with Gasteiger partial charge in [-0.25, -0.2) is 0 Å². The van der Waals surface area contributed by atoms with Gasteiger partial charge in [-0.2, -0.15) is 5.10 Å². The Morgan fingerprint density at radius 1 is 0.933 bits per heavy atom. The van der Waals surface area contributed by atoms with Gasteiger partial charge in [0.05, 0.1) is 43.3 Å². The second kappa shape index (κ2) is 8.33. The molecule has 0 spiro atoms. The third-order valence-electron chi connectivity index (χ3n) is 5.64. The predicted octanol–water partition coefficient (Wildman–Crippen LogP) is 2.49.